The van der Waals surface area contributed by atoms with E-state index in [9.17, 15) is 4.79 Å². The van der Waals surface area contributed by atoms with Gasteiger partial charge >= 0.3 is 0 Å². The summed E-state index contributed by atoms with van der Waals surface area (Å²) in [6, 6.07) is 9.19. The lowest BCUT2D eigenvalue weighted by Gasteiger charge is -2.36. The van der Waals surface area contributed by atoms with Gasteiger partial charge in [-0.25, -0.2) is 0 Å². The summed E-state index contributed by atoms with van der Waals surface area (Å²) >= 11 is 6.27. The van der Waals surface area contributed by atoms with Gasteiger partial charge < -0.3 is 5.73 Å². The van der Waals surface area contributed by atoms with Gasteiger partial charge in [0.1, 0.15) is 11.1 Å². The number of primary amides is 1. The zero-order chi connectivity index (χ0) is 14.0. The van der Waals surface area contributed by atoms with Crippen LogP contribution in [0.15, 0.2) is 24.3 Å². The normalized spacial score (nSPS) is 29.9. The van der Waals surface area contributed by atoms with Crippen LogP contribution in [0.4, 0.5) is 5.69 Å². The molecule has 1 saturated heterocycles. The number of carbonyl (C=O) groups excluding carboxylic acids is 1. The number of amides is 1. The van der Waals surface area contributed by atoms with Crippen LogP contribution in [0.25, 0.3) is 0 Å². The van der Waals surface area contributed by atoms with Gasteiger partial charge in [-0.1, -0.05) is 30.7 Å². The predicted octanol–water partition coefficient (Wildman–Crippen LogP) is 2.06. The second kappa shape index (κ2) is 5.20. The van der Waals surface area contributed by atoms with Crippen molar-refractivity contribution in [2.75, 3.05) is 13.1 Å². The van der Waals surface area contributed by atoms with Crippen molar-refractivity contribution in [3.05, 3.63) is 29.3 Å². The van der Waals surface area contributed by atoms with Crippen molar-refractivity contribution in [3.8, 4) is 6.07 Å². The standard InChI is InChI=1S/C14H16ClN3O/c1-10-8-13(14(17)19)18(9-10,7-6-16)12-5-3-2-4-11(12)15/h2-5,10,13H,7-9H2,1H3,(H-,17,19)/p+1/t10-,13-,18?/m0/s1. The predicted molar refractivity (Wildman–Crippen MR) is 75.4 cm³/mol. The lowest BCUT2D eigenvalue weighted by atomic mass is 10.1. The Morgan fingerprint density at radius 3 is 2.84 bits per heavy atom. The maximum atomic E-state index is 11.8. The van der Waals surface area contributed by atoms with Gasteiger partial charge in [0.25, 0.3) is 5.91 Å². The van der Waals surface area contributed by atoms with Crippen LogP contribution in [-0.4, -0.2) is 25.0 Å². The first-order valence-electron chi connectivity index (χ1n) is 6.29. The highest BCUT2D eigenvalue weighted by Gasteiger charge is 2.50. The van der Waals surface area contributed by atoms with E-state index in [0.717, 1.165) is 5.69 Å². The average Bonchev–Trinajstić information content (AvgIpc) is 2.68. The molecule has 1 aliphatic rings. The number of nitriles is 1. The van der Waals surface area contributed by atoms with E-state index in [4.69, 9.17) is 22.6 Å². The number of nitrogens with zero attached hydrogens (tertiary/aromatic N) is 2. The molecule has 0 spiro atoms. The summed E-state index contributed by atoms with van der Waals surface area (Å²) in [5.41, 5.74) is 6.36. The molecule has 1 aromatic carbocycles. The summed E-state index contributed by atoms with van der Waals surface area (Å²) in [5.74, 6) is -0.0263. The van der Waals surface area contributed by atoms with Gasteiger partial charge in [0, 0.05) is 18.4 Å². The highest BCUT2D eigenvalue weighted by molar-refractivity contribution is 6.33. The fourth-order valence-electron chi connectivity index (χ4n) is 3.17. The average molecular weight is 279 g/mol. The fraction of sp³-hybridized carbons (Fsp3) is 0.429. The van der Waals surface area contributed by atoms with Crippen molar-refractivity contribution in [2.24, 2.45) is 11.7 Å². The van der Waals surface area contributed by atoms with E-state index >= 15 is 0 Å². The third kappa shape index (κ3) is 2.32. The molecular weight excluding hydrogens is 262 g/mol. The number of carbonyl (C=O) groups is 1. The molecule has 2 N–H and O–H groups in total. The fourth-order valence-corrected chi connectivity index (χ4v) is 3.47. The van der Waals surface area contributed by atoms with Crippen LogP contribution in [0.5, 0.6) is 0 Å². The third-order valence-corrected chi connectivity index (χ3v) is 4.19. The smallest absolute Gasteiger partial charge is 0.276 e. The summed E-state index contributed by atoms with van der Waals surface area (Å²) < 4.78 is 0.257. The van der Waals surface area contributed by atoms with E-state index in [1.54, 1.807) is 6.07 Å². The van der Waals surface area contributed by atoms with Crippen LogP contribution < -0.4 is 10.2 Å². The maximum Gasteiger partial charge on any atom is 0.276 e. The van der Waals surface area contributed by atoms with Crippen molar-refractivity contribution in [1.82, 2.24) is 4.48 Å². The molecule has 0 radical (unpaired) electrons. The lowest BCUT2D eigenvalue weighted by molar-refractivity contribution is -0.121. The van der Waals surface area contributed by atoms with Crippen molar-refractivity contribution < 1.29 is 4.79 Å². The van der Waals surface area contributed by atoms with E-state index in [-0.39, 0.29) is 23.0 Å². The molecule has 1 unspecified atom stereocenters. The first kappa shape index (κ1) is 13.9. The number of benzene rings is 1. The van der Waals surface area contributed by atoms with Gasteiger partial charge in [0.2, 0.25) is 0 Å². The molecule has 5 heteroatoms. The molecule has 100 valence electrons. The molecule has 1 fully saturated rings. The first-order valence-corrected chi connectivity index (χ1v) is 6.67. The number of hydrogen-bond acceptors (Lipinski definition) is 2. The van der Waals surface area contributed by atoms with Gasteiger partial charge in [-0.05, 0) is 6.07 Å². The van der Waals surface area contributed by atoms with E-state index in [0.29, 0.717) is 23.9 Å². The SMILES string of the molecule is C[C@H]1C[C@@H](C(N)=O)[N+](CC#N)(c2ccccc2Cl)C1. The van der Waals surface area contributed by atoms with Gasteiger partial charge in [0.15, 0.2) is 18.3 Å². The monoisotopic (exact) mass is 278 g/mol. The van der Waals surface area contributed by atoms with Gasteiger partial charge in [-0.2, -0.15) is 5.26 Å². The molecule has 1 heterocycles. The molecule has 2 rings (SSSR count). The Bertz CT molecular complexity index is 540. The Morgan fingerprint density at radius 2 is 2.26 bits per heavy atom. The number of likely N-dealkylation sites (tertiary alicyclic amines) is 1. The van der Waals surface area contributed by atoms with Gasteiger partial charge in [-0.3, -0.25) is 9.28 Å². The molecule has 1 amide bonds. The molecule has 0 aliphatic carbocycles. The zero-order valence-corrected chi connectivity index (χ0v) is 11.6. The lowest BCUT2D eigenvalue weighted by Crippen LogP contribution is -2.58. The Morgan fingerprint density at radius 1 is 1.58 bits per heavy atom. The number of para-hydroxylation sites is 1. The summed E-state index contributed by atoms with van der Waals surface area (Å²) in [7, 11) is 0. The number of nitrogens with two attached hydrogens (primary N) is 1. The third-order valence-electron chi connectivity index (χ3n) is 3.87. The van der Waals surface area contributed by atoms with Crippen LogP contribution in [0.3, 0.4) is 0 Å². The molecule has 0 aromatic heterocycles. The second-order valence-corrected chi connectivity index (χ2v) is 5.65. The number of quaternary nitrogens is 1. The molecular formula is C14H17ClN3O+. The minimum absolute atomic E-state index is 0.210. The Hall–Kier alpha value is -1.57. The largest absolute Gasteiger partial charge is 0.364 e. The maximum absolute atomic E-state index is 11.8. The van der Waals surface area contributed by atoms with Crippen molar-refractivity contribution in [3.63, 3.8) is 0 Å². The Labute approximate surface area is 118 Å². The summed E-state index contributed by atoms with van der Waals surface area (Å²) in [6.07, 6.45) is 0.697. The van der Waals surface area contributed by atoms with Crippen LogP contribution in [0.1, 0.15) is 13.3 Å². The second-order valence-electron chi connectivity index (χ2n) is 5.24. The summed E-state index contributed by atoms with van der Waals surface area (Å²) in [5, 5.41) is 9.75. The van der Waals surface area contributed by atoms with E-state index in [1.165, 1.54) is 0 Å². The van der Waals surface area contributed by atoms with E-state index in [2.05, 4.69) is 13.0 Å². The Balaban J connectivity index is 2.58. The molecule has 0 bridgehead atoms. The molecule has 3 atom stereocenters. The van der Waals surface area contributed by atoms with Crippen molar-refractivity contribution >= 4 is 23.2 Å². The Kier molecular flexibility index (Phi) is 3.79. The van der Waals surface area contributed by atoms with Gasteiger partial charge in [-0.15, -0.1) is 0 Å². The van der Waals surface area contributed by atoms with Crippen molar-refractivity contribution in [1.29, 1.82) is 5.26 Å². The topological polar surface area (TPSA) is 66.9 Å². The van der Waals surface area contributed by atoms with Gasteiger partial charge in [0.05, 0.1) is 6.54 Å². The number of rotatable bonds is 3. The number of halogens is 1. The highest BCUT2D eigenvalue weighted by atomic mass is 35.5. The minimum atomic E-state index is -0.380. The van der Waals surface area contributed by atoms with Crippen molar-refractivity contribution in [2.45, 2.75) is 19.4 Å². The highest BCUT2D eigenvalue weighted by Crippen LogP contribution is 2.40. The van der Waals surface area contributed by atoms with E-state index < -0.39 is 0 Å². The van der Waals surface area contributed by atoms with E-state index in [1.807, 2.05) is 18.2 Å². The minimum Gasteiger partial charge on any atom is -0.364 e. The molecule has 0 saturated carbocycles. The molecule has 19 heavy (non-hydrogen) atoms. The summed E-state index contributed by atoms with van der Waals surface area (Å²) in [4.78, 5) is 11.8. The first-order chi connectivity index (χ1) is 9.01. The van der Waals surface area contributed by atoms with Crippen LogP contribution in [0.2, 0.25) is 5.02 Å². The zero-order valence-electron chi connectivity index (χ0n) is 10.8. The molecule has 1 aromatic rings. The quantitative estimate of drug-likeness (QED) is 0.679. The van der Waals surface area contributed by atoms with Crippen LogP contribution >= 0.6 is 11.6 Å². The van der Waals surface area contributed by atoms with Crippen LogP contribution in [-0.2, 0) is 4.79 Å². The summed E-state index contributed by atoms with van der Waals surface area (Å²) in [6.45, 7) is 3.00. The molecule has 4 nitrogen and oxygen atoms in total. The van der Waals surface area contributed by atoms with Crippen LogP contribution in [0, 0.1) is 17.2 Å². The number of hydrogen-bond donors (Lipinski definition) is 1. The molecule has 1 aliphatic heterocycles.